The molecule has 0 radical (unpaired) electrons. The van der Waals surface area contributed by atoms with Crippen LogP contribution >= 0.6 is 11.3 Å². The van der Waals surface area contributed by atoms with E-state index in [-0.39, 0.29) is 12.5 Å². The minimum atomic E-state index is 0.0448. The summed E-state index contributed by atoms with van der Waals surface area (Å²) >= 11 is 1.77. The third-order valence-corrected chi connectivity index (χ3v) is 5.22. The molecule has 0 saturated carbocycles. The summed E-state index contributed by atoms with van der Waals surface area (Å²) in [4.78, 5) is 22.5. The Labute approximate surface area is 166 Å². The lowest BCUT2D eigenvalue weighted by atomic mass is 10.2. The van der Waals surface area contributed by atoms with Crippen LogP contribution < -0.4 is 5.32 Å². The molecule has 1 N–H and O–H groups in total. The van der Waals surface area contributed by atoms with Crippen LogP contribution in [0, 0.1) is 0 Å². The summed E-state index contributed by atoms with van der Waals surface area (Å²) in [5.74, 6) is 0.821. The number of rotatable bonds is 9. The Balaban J connectivity index is 1.93. The molecule has 0 aliphatic heterocycles. The van der Waals surface area contributed by atoms with Gasteiger partial charge in [-0.15, -0.1) is 11.3 Å². The van der Waals surface area contributed by atoms with E-state index in [2.05, 4.69) is 32.7 Å². The molecule has 2 rings (SSSR count). The first-order valence-corrected chi connectivity index (χ1v) is 10.4. The third kappa shape index (κ3) is 7.06. The predicted octanol–water partition coefficient (Wildman–Crippen LogP) is 3.24. The van der Waals surface area contributed by atoms with E-state index in [1.54, 1.807) is 11.3 Å². The number of thiophene rings is 1. The van der Waals surface area contributed by atoms with Gasteiger partial charge in [0.15, 0.2) is 5.96 Å². The van der Waals surface area contributed by atoms with E-state index >= 15 is 0 Å². The number of hydrogen-bond donors (Lipinski definition) is 1. The van der Waals surface area contributed by atoms with Crippen molar-refractivity contribution in [2.45, 2.75) is 26.8 Å². The van der Waals surface area contributed by atoms with Gasteiger partial charge in [0.2, 0.25) is 5.91 Å². The van der Waals surface area contributed by atoms with Gasteiger partial charge < -0.3 is 15.1 Å². The molecule has 0 spiro atoms. The van der Waals surface area contributed by atoms with Crippen molar-refractivity contribution in [2.75, 3.05) is 33.2 Å². The fourth-order valence-electron chi connectivity index (χ4n) is 2.73. The van der Waals surface area contributed by atoms with Gasteiger partial charge in [0.05, 0.1) is 0 Å². The summed E-state index contributed by atoms with van der Waals surface area (Å²) in [6.45, 7) is 7.14. The number of benzene rings is 1. The number of amides is 1. The highest BCUT2D eigenvalue weighted by atomic mass is 32.1. The van der Waals surface area contributed by atoms with Gasteiger partial charge in [0, 0.05) is 38.1 Å². The molecule has 0 aliphatic rings. The molecule has 0 saturated heterocycles. The van der Waals surface area contributed by atoms with Crippen molar-refractivity contribution in [2.24, 2.45) is 4.99 Å². The second-order valence-electron chi connectivity index (χ2n) is 6.31. The maximum absolute atomic E-state index is 12.6. The molecule has 0 bridgehead atoms. The molecule has 0 unspecified atom stereocenters. The first kappa shape index (κ1) is 21.0. The monoisotopic (exact) mass is 386 g/mol. The van der Waals surface area contributed by atoms with Crippen LogP contribution in [0.1, 0.15) is 24.3 Å². The number of aliphatic imine (C=N–C) groups is 1. The Kier molecular flexibility index (Phi) is 8.84. The van der Waals surface area contributed by atoms with E-state index in [0.717, 1.165) is 31.0 Å². The normalized spacial score (nSPS) is 11.3. The van der Waals surface area contributed by atoms with Crippen LogP contribution in [-0.4, -0.2) is 54.9 Å². The van der Waals surface area contributed by atoms with Crippen molar-refractivity contribution in [3.05, 3.63) is 58.3 Å². The molecular formula is C21H30N4OS. The first-order valence-electron chi connectivity index (χ1n) is 9.47. The number of likely N-dealkylation sites (N-methyl/N-ethyl adjacent to an activating group) is 2. The molecular weight excluding hydrogens is 356 g/mol. The van der Waals surface area contributed by atoms with E-state index in [4.69, 9.17) is 0 Å². The summed E-state index contributed by atoms with van der Waals surface area (Å²) in [5.41, 5.74) is 1.14. The van der Waals surface area contributed by atoms with Crippen LogP contribution in [0.2, 0.25) is 0 Å². The Morgan fingerprint density at radius 3 is 2.56 bits per heavy atom. The zero-order chi connectivity index (χ0) is 19.5. The van der Waals surface area contributed by atoms with Crippen molar-refractivity contribution >= 4 is 23.2 Å². The van der Waals surface area contributed by atoms with Crippen LogP contribution in [-0.2, 0) is 17.8 Å². The van der Waals surface area contributed by atoms with E-state index < -0.39 is 0 Å². The molecule has 6 heteroatoms. The average molecular weight is 387 g/mol. The van der Waals surface area contributed by atoms with Crippen molar-refractivity contribution in [1.29, 1.82) is 0 Å². The number of carbonyl (C=O) groups excluding carboxylic acids is 1. The molecule has 2 aromatic rings. The van der Waals surface area contributed by atoms with Crippen LogP contribution in [0.3, 0.4) is 0 Å². The fourth-order valence-corrected chi connectivity index (χ4v) is 3.43. The van der Waals surface area contributed by atoms with E-state index in [9.17, 15) is 4.79 Å². The highest BCUT2D eigenvalue weighted by Crippen LogP contribution is 2.09. The van der Waals surface area contributed by atoms with Gasteiger partial charge in [-0.2, -0.15) is 0 Å². The number of nitrogens with one attached hydrogen (secondary N) is 1. The summed E-state index contributed by atoms with van der Waals surface area (Å²) < 4.78 is 0. The molecule has 1 aromatic carbocycles. The molecule has 0 aliphatic carbocycles. The quantitative estimate of drug-likeness (QED) is 0.532. The van der Waals surface area contributed by atoms with Gasteiger partial charge in [-0.05, 0) is 37.3 Å². The zero-order valence-electron chi connectivity index (χ0n) is 16.5. The molecule has 146 valence electrons. The Morgan fingerprint density at radius 1 is 1.15 bits per heavy atom. The topological polar surface area (TPSA) is 47.9 Å². The largest absolute Gasteiger partial charge is 0.357 e. The molecule has 5 nitrogen and oxygen atoms in total. The second-order valence-corrected chi connectivity index (χ2v) is 7.35. The second kappa shape index (κ2) is 11.4. The van der Waals surface area contributed by atoms with Crippen LogP contribution in [0.4, 0.5) is 0 Å². The number of hydrogen-bond acceptors (Lipinski definition) is 3. The molecule has 0 atom stereocenters. The highest BCUT2D eigenvalue weighted by molar-refractivity contribution is 7.09. The maximum atomic E-state index is 12.6. The lowest BCUT2D eigenvalue weighted by Gasteiger charge is -2.23. The molecule has 0 fully saturated rings. The summed E-state index contributed by atoms with van der Waals surface area (Å²) in [7, 11) is 2.02. The minimum absolute atomic E-state index is 0.0448. The van der Waals surface area contributed by atoms with Gasteiger partial charge in [-0.1, -0.05) is 36.4 Å². The lowest BCUT2D eigenvalue weighted by Crippen LogP contribution is -2.41. The summed E-state index contributed by atoms with van der Waals surface area (Å²) in [6.07, 6.45) is 0.974. The molecule has 1 amide bonds. The predicted molar refractivity (Wildman–Crippen MR) is 114 cm³/mol. The summed E-state index contributed by atoms with van der Waals surface area (Å²) in [5, 5.41) is 5.38. The van der Waals surface area contributed by atoms with Gasteiger partial charge in [0.25, 0.3) is 0 Å². The first-order chi connectivity index (χ1) is 13.1. The highest BCUT2D eigenvalue weighted by Gasteiger charge is 2.13. The SMILES string of the molecule is CCNC(=NCC(=O)N(CC)Cc1ccccc1)N(C)CCc1cccs1. The van der Waals surface area contributed by atoms with E-state index in [1.165, 1.54) is 4.88 Å². The fraction of sp³-hybridized carbons (Fsp3) is 0.429. The van der Waals surface area contributed by atoms with Crippen LogP contribution in [0.5, 0.6) is 0 Å². The number of carbonyl (C=O) groups is 1. The van der Waals surface area contributed by atoms with Gasteiger partial charge in [-0.3, -0.25) is 4.79 Å². The van der Waals surface area contributed by atoms with Crippen molar-refractivity contribution in [3.63, 3.8) is 0 Å². The average Bonchev–Trinajstić information content (AvgIpc) is 3.21. The number of guanidine groups is 1. The Morgan fingerprint density at radius 2 is 1.93 bits per heavy atom. The smallest absolute Gasteiger partial charge is 0.244 e. The van der Waals surface area contributed by atoms with Gasteiger partial charge >= 0.3 is 0 Å². The lowest BCUT2D eigenvalue weighted by molar-refractivity contribution is -0.130. The van der Waals surface area contributed by atoms with Gasteiger partial charge in [0.1, 0.15) is 6.54 Å². The minimum Gasteiger partial charge on any atom is -0.357 e. The third-order valence-electron chi connectivity index (χ3n) is 4.28. The van der Waals surface area contributed by atoms with Crippen molar-refractivity contribution in [1.82, 2.24) is 15.1 Å². The van der Waals surface area contributed by atoms with E-state index in [0.29, 0.717) is 13.1 Å². The number of nitrogens with zero attached hydrogens (tertiary/aromatic N) is 3. The molecule has 1 heterocycles. The molecule has 1 aromatic heterocycles. The standard InChI is InChI=1S/C21H30N4OS/c1-4-22-21(24(3)14-13-19-12-9-15-27-19)23-16-20(26)25(5-2)17-18-10-7-6-8-11-18/h6-12,15H,4-5,13-14,16-17H2,1-3H3,(H,22,23). The zero-order valence-corrected chi connectivity index (χ0v) is 17.3. The summed E-state index contributed by atoms with van der Waals surface area (Å²) in [6, 6.07) is 14.3. The van der Waals surface area contributed by atoms with Crippen molar-refractivity contribution < 1.29 is 4.79 Å². The van der Waals surface area contributed by atoms with Crippen molar-refractivity contribution in [3.8, 4) is 0 Å². The van der Waals surface area contributed by atoms with E-state index in [1.807, 2.05) is 56.1 Å². The Bertz CT molecular complexity index is 700. The Hall–Kier alpha value is -2.34. The molecule has 27 heavy (non-hydrogen) atoms. The van der Waals surface area contributed by atoms with Crippen LogP contribution in [0.25, 0.3) is 0 Å². The van der Waals surface area contributed by atoms with Gasteiger partial charge in [-0.25, -0.2) is 4.99 Å². The van der Waals surface area contributed by atoms with Crippen LogP contribution in [0.15, 0.2) is 52.8 Å². The maximum Gasteiger partial charge on any atom is 0.244 e.